The molecule has 1 amide bonds. The summed E-state index contributed by atoms with van der Waals surface area (Å²) in [6.45, 7) is 6.72. The highest BCUT2D eigenvalue weighted by Gasteiger charge is 2.26. The monoisotopic (exact) mass is 328 g/mol. The molecule has 0 radical (unpaired) electrons. The van der Waals surface area contributed by atoms with Gasteiger partial charge in [-0.1, -0.05) is 0 Å². The zero-order valence-corrected chi connectivity index (χ0v) is 12.1. The lowest BCUT2D eigenvalue weighted by molar-refractivity contribution is -0.128. The maximum atomic E-state index is 11.5. The highest BCUT2D eigenvalue weighted by molar-refractivity contribution is 14.0. The van der Waals surface area contributed by atoms with E-state index >= 15 is 0 Å². The van der Waals surface area contributed by atoms with Crippen LogP contribution in [-0.2, 0) is 4.79 Å². The second-order valence-electron chi connectivity index (χ2n) is 3.71. The summed E-state index contributed by atoms with van der Waals surface area (Å²) in [5, 5.41) is 5.65. The van der Waals surface area contributed by atoms with Gasteiger partial charge in [-0.2, -0.15) is 0 Å². The van der Waals surface area contributed by atoms with Crippen molar-refractivity contribution >= 4 is 35.8 Å². The summed E-state index contributed by atoms with van der Waals surface area (Å²) in [6, 6.07) is 0. The standard InChI is InChI=1S/C9H20N4O.HI/c1-5-12-7(14)9(2,3)6-13-8(10)11-4;/h5-6H2,1-4H3,(H,12,14)(H3,10,11,13);1H. The van der Waals surface area contributed by atoms with Crippen LogP contribution in [0, 0.1) is 5.41 Å². The normalized spacial score (nSPS) is 11.6. The third kappa shape index (κ3) is 6.53. The fourth-order valence-electron chi connectivity index (χ4n) is 0.871. The molecule has 0 heterocycles. The van der Waals surface area contributed by atoms with Crippen molar-refractivity contribution in [2.45, 2.75) is 20.8 Å². The molecule has 90 valence electrons. The van der Waals surface area contributed by atoms with Crippen LogP contribution in [0.1, 0.15) is 20.8 Å². The van der Waals surface area contributed by atoms with E-state index in [9.17, 15) is 4.79 Å². The Morgan fingerprint density at radius 3 is 2.33 bits per heavy atom. The minimum Gasteiger partial charge on any atom is -0.370 e. The molecule has 0 unspecified atom stereocenters. The predicted octanol–water partition coefficient (Wildman–Crippen LogP) is 0.301. The fraction of sp³-hybridized carbons (Fsp3) is 0.778. The first-order valence-electron chi connectivity index (χ1n) is 4.68. The molecule has 0 fully saturated rings. The second kappa shape index (κ2) is 7.72. The lowest BCUT2D eigenvalue weighted by atomic mass is 9.92. The summed E-state index contributed by atoms with van der Waals surface area (Å²) < 4.78 is 0. The number of carbonyl (C=O) groups is 1. The molecule has 0 atom stereocenters. The van der Waals surface area contributed by atoms with Gasteiger partial charge in [0, 0.05) is 20.1 Å². The predicted molar refractivity (Wildman–Crippen MR) is 73.4 cm³/mol. The molecule has 0 bridgehead atoms. The summed E-state index contributed by atoms with van der Waals surface area (Å²) in [6.07, 6.45) is 0. The number of nitrogens with two attached hydrogens (primary N) is 1. The summed E-state index contributed by atoms with van der Waals surface area (Å²) >= 11 is 0. The van der Waals surface area contributed by atoms with Gasteiger partial charge in [0.05, 0.1) is 5.41 Å². The molecule has 0 saturated carbocycles. The molecule has 0 saturated heterocycles. The number of amides is 1. The lowest BCUT2D eigenvalue weighted by Crippen LogP contribution is -2.46. The van der Waals surface area contributed by atoms with E-state index in [1.165, 1.54) is 0 Å². The van der Waals surface area contributed by atoms with Gasteiger partial charge in [0.1, 0.15) is 0 Å². The molecule has 0 rings (SSSR count). The van der Waals surface area contributed by atoms with Crippen molar-refractivity contribution in [3.63, 3.8) is 0 Å². The van der Waals surface area contributed by atoms with E-state index in [1.54, 1.807) is 7.05 Å². The van der Waals surface area contributed by atoms with Crippen molar-refractivity contribution in [2.24, 2.45) is 16.1 Å². The Morgan fingerprint density at radius 2 is 1.93 bits per heavy atom. The van der Waals surface area contributed by atoms with Gasteiger partial charge in [-0.25, -0.2) is 0 Å². The molecule has 4 N–H and O–H groups in total. The summed E-state index contributed by atoms with van der Waals surface area (Å²) in [5.74, 6) is 0.360. The van der Waals surface area contributed by atoms with E-state index in [-0.39, 0.29) is 29.9 Å². The maximum Gasteiger partial charge on any atom is 0.227 e. The van der Waals surface area contributed by atoms with E-state index in [4.69, 9.17) is 5.73 Å². The van der Waals surface area contributed by atoms with Crippen molar-refractivity contribution in [2.75, 3.05) is 20.1 Å². The van der Waals surface area contributed by atoms with E-state index in [1.807, 2.05) is 20.8 Å². The van der Waals surface area contributed by atoms with Crippen LogP contribution >= 0.6 is 24.0 Å². The van der Waals surface area contributed by atoms with Crippen LogP contribution in [0.3, 0.4) is 0 Å². The minimum atomic E-state index is -0.481. The van der Waals surface area contributed by atoms with Crippen LogP contribution in [0.2, 0.25) is 0 Å². The number of aliphatic imine (C=N–C) groups is 1. The van der Waals surface area contributed by atoms with E-state index in [0.717, 1.165) is 0 Å². The van der Waals surface area contributed by atoms with Crippen LogP contribution in [0.25, 0.3) is 0 Å². The van der Waals surface area contributed by atoms with Crippen molar-refractivity contribution in [1.29, 1.82) is 0 Å². The van der Waals surface area contributed by atoms with Crippen molar-refractivity contribution in [3.05, 3.63) is 0 Å². The van der Waals surface area contributed by atoms with Gasteiger partial charge in [0.25, 0.3) is 0 Å². The molecule has 0 aliphatic rings. The Morgan fingerprint density at radius 1 is 1.40 bits per heavy atom. The second-order valence-corrected chi connectivity index (χ2v) is 3.71. The minimum absolute atomic E-state index is 0. The molecule has 5 nitrogen and oxygen atoms in total. The summed E-state index contributed by atoms with van der Waals surface area (Å²) in [7, 11) is 1.60. The number of halogens is 1. The van der Waals surface area contributed by atoms with Gasteiger partial charge in [-0.3, -0.25) is 9.79 Å². The van der Waals surface area contributed by atoms with Crippen molar-refractivity contribution in [1.82, 2.24) is 10.6 Å². The molecular weight excluding hydrogens is 307 g/mol. The van der Waals surface area contributed by atoms with Crippen LogP contribution in [-0.4, -0.2) is 32.0 Å². The fourth-order valence-corrected chi connectivity index (χ4v) is 0.871. The molecule has 0 aromatic carbocycles. The third-order valence-corrected chi connectivity index (χ3v) is 1.90. The lowest BCUT2D eigenvalue weighted by Gasteiger charge is -2.23. The van der Waals surface area contributed by atoms with Crippen LogP contribution in [0.15, 0.2) is 4.99 Å². The van der Waals surface area contributed by atoms with Crippen molar-refractivity contribution < 1.29 is 4.79 Å². The third-order valence-electron chi connectivity index (χ3n) is 1.90. The Bertz CT molecular complexity index is 228. The molecule has 0 aliphatic carbocycles. The molecule has 6 heteroatoms. The molecule has 0 aromatic rings. The Balaban J connectivity index is 0. The van der Waals surface area contributed by atoms with Gasteiger partial charge in [0.2, 0.25) is 5.91 Å². The molecule has 0 aliphatic heterocycles. The largest absolute Gasteiger partial charge is 0.370 e. The zero-order chi connectivity index (χ0) is 11.2. The number of nitrogens with one attached hydrogen (secondary N) is 2. The topological polar surface area (TPSA) is 79.5 Å². The van der Waals surface area contributed by atoms with Gasteiger partial charge >= 0.3 is 0 Å². The number of nitrogens with zero attached hydrogens (tertiary/aromatic N) is 1. The summed E-state index contributed by atoms with van der Waals surface area (Å²) in [4.78, 5) is 15.3. The number of hydrogen-bond acceptors (Lipinski definition) is 2. The van der Waals surface area contributed by atoms with Gasteiger partial charge < -0.3 is 16.4 Å². The molecular formula is C9H21IN4O. The summed E-state index contributed by atoms with van der Waals surface area (Å²) in [5.41, 5.74) is 4.98. The van der Waals surface area contributed by atoms with Gasteiger partial charge in [-0.15, -0.1) is 24.0 Å². The number of carbonyl (C=O) groups excluding carboxylic acids is 1. The van der Waals surface area contributed by atoms with E-state index in [0.29, 0.717) is 19.0 Å². The van der Waals surface area contributed by atoms with Gasteiger partial charge in [-0.05, 0) is 20.8 Å². The van der Waals surface area contributed by atoms with Crippen molar-refractivity contribution in [3.8, 4) is 0 Å². The average Bonchev–Trinajstić information content (AvgIpc) is 2.14. The molecule has 0 aromatic heterocycles. The molecule has 15 heavy (non-hydrogen) atoms. The number of rotatable bonds is 4. The first kappa shape index (κ1) is 16.9. The van der Waals surface area contributed by atoms with Gasteiger partial charge in [0.15, 0.2) is 5.96 Å². The van der Waals surface area contributed by atoms with Crippen LogP contribution in [0.4, 0.5) is 0 Å². The van der Waals surface area contributed by atoms with Crippen LogP contribution < -0.4 is 16.4 Å². The van der Waals surface area contributed by atoms with Crippen LogP contribution in [0.5, 0.6) is 0 Å². The smallest absolute Gasteiger partial charge is 0.227 e. The number of guanidine groups is 1. The Labute approximate surface area is 108 Å². The maximum absolute atomic E-state index is 11.5. The first-order valence-corrected chi connectivity index (χ1v) is 4.68. The Hall–Kier alpha value is -0.530. The number of hydrogen-bond donors (Lipinski definition) is 3. The SMILES string of the molecule is CCNC(=O)C(C)(C)CNC(N)=NC.I. The highest BCUT2D eigenvalue weighted by Crippen LogP contribution is 2.12. The first-order chi connectivity index (χ1) is 6.44. The quantitative estimate of drug-likeness (QED) is 0.395. The highest BCUT2D eigenvalue weighted by atomic mass is 127. The van der Waals surface area contributed by atoms with E-state index < -0.39 is 5.41 Å². The Kier molecular flexibility index (Phi) is 8.69. The zero-order valence-electron chi connectivity index (χ0n) is 9.76. The average molecular weight is 328 g/mol. The molecule has 0 spiro atoms. The van der Waals surface area contributed by atoms with E-state index in [2.05, 4.69) is 15.6 Å².